The lowest BCUT2D eigenvalue weighted by molar-refractivity contribution is -0.139. The largest absolute Gasteiger partial charge is 0.469 e. The minimum atomic E-state index is -0.788. The van der Waals surface area contributed by atoms with Crippen molar-refractivity contribution in [3.05, 3.63) is 45.3 Å². The van der Waals surface area contributed by atoms with Crippen LogP contribution in [0.15, 0.2) is 33.5 Å². The van der Waals surface area contributed by atoms with E-state index in [0.29, 0.717) is 16.0 Å². The first kappa shape index (κ1) is 13.3. The Morgan fingerprint density at radius 3 is 2.74 bits per heavy atom. The molecular formula is C13H9ClO5. The quantitative estimate of drug-likeness (QED) is 0.373. The highest BCUT2D eigenvalue weighted by molar-refractivity contribution is 6.31. The van der Waals surface area contributed by atoms with E-state index in [1.807, 2.05) is 0 Å². The van der Waals surface area contributed by atoms with E-state index in [1.54, 1.807) is 12.1 Å². The standard InChI is InChI=1S/C13H9ClO5/c1-18-12(16)6-10(15)9-5-7-4-8(14)2-3-11(7)19-13(9)17/h2-5H,6H2,1H3. The Hall–Kier alpha value is -2.14. The topological polar surface area (TPSA) is 73.6 Å². The summed E-state index contributed by atoms with van der Waals surface area (Å²) in [5.41, 5.74) is -0.659. The van der Waals surface area contributed by atoms with E-state index in [-0.39, 0.29) is 5.56 Å². The van der Waals surface area contributed by atoms with Gasteiger partial charge in [0, 0.05) is 10.4 Å². The van der Waals surface area contributed by atoms with Gasteiger partial charge >= 0.3 is 11.6 Å². The zero-order chi connectivity index (χ0) is 14.0. The van der Waals surface area contributed by atoms with E-state index < -0.39 is 23.8 Å². The van der Waals surface area contributed by atoms with Gasteiger partial charge in [-0.2, -0.15) is 0 Å². The second kappa shape index (κ2) is 5.24. The number of halogens is 1. The zero-order valence-electron chi connectivity index (χ0n) is 9.94. The molecule has 0 N–H and O–H groups in total. The van der Waals surface area contributed by atoms with Crippen molar-refractivity contribution in [3.8, 4) is 0 Å². The molecule has 0 saturated heterocycles. The van der Waals surface area contributed by atoms with Crippen LogP contribution < -0.4 is 5.63 Å². The number of carbonyl (C=O) groups is 2. The van der Waals surface area contributed by atoms with Gasteiger partial charge in [0.25, 0.3) is 0 Å². The average molecular weight is 281 g/mol. The molecule has 0 unspecified atom stereocenters. The SMILES string of the molecule is COC(=O)CC(=O)c1cc2cc(Cl)ccc2oc1=O. The van der Waals surface area contributed by atoms with Crippen molar-refractivity contribution in [2.75, 3.05) is 7.11 Å². The number of ketones is 1. The molecule has 0 aliphatic heterocycles. The molecule has 19 heavy (non-hydrogen) atoms. The zero-order valence-corrected chi connectivity index (χ0v) is 10.7. The Labute approximate surface area is 112 Å². The van der Waals surface area contributed by atoms with Crippen LogP contribution in [0.1, 0.15) is 16.8 Å². The van der Waals surface area contributed by atoms with Gasteiger partial charge in [-0.05, 0) is 24.3 Å². The van der Waals surface area contributed by atoms with Crippen LogP contribution in [0.3, 0.4) is 0 Å². The summed E-state index contributed by atoms with van der Waals surface area (Å²) >= 11 is 5.82. The van der Waals surface area contributed by atoms with Gasteiger partial charge in [-0.1, -0.05) is 11.6 Å². The second-order valence-corrected chi connectivity index (χ2v) is 4.24. The third kappa shape index (κ3) is 2.82. The molecule has 0 aliphatic rings. The molecule has 5 nitrogen and oxygen atoms in total. The van der Waals surface area contributed by atoms with Gasteiger partial charge in [-0.25, -0.2) is 4.79 Å². The molecule has 6 heteroatoms. The minimum Gasteiger partial charge on any atom is -0.469 e. The number of carbonyl (C=O) groups excluding carboxylic acids is 2. The lowest BCUT2D eigenvalue weighted by Crippen LogP contribution is -2.17. The van der Waals surface area contributed by atoms with E-state index in [9.17, 15) is 14.4 Å². The Kier molecular flexibility index (Phi) is 3.66. The van der Waals surface area contributed by atoms with Gasteiger partial charge in [0.15, 0.2) is 5.78 Å². The summed E-state index contributed by atoms with van der Waals surface area (Å²) in [5, 5.41) is 0.966. The third-order valence-electron chi connectivity index (χ3n) is 2.53. The summed E-state index contributed by atoms with van der Waals surface area (Å²) in [7, 11) is 1.16. The lowest BCUT2D eigenvalue weighted by Gasteiger charge is -2.01. The number of esters is 1. The van der Waals surface area contributed by atoms with Crippen LogP contribution in [-0.2, 0) is 9.53 Å². The van der Waals surface area contributed by atoms with E-state index in [1.165, 1.54) is 12.1 Å². The van der Waals surface area contributed by atoms with Crippen molar-refractivity contribution >= 4 is 34.3 Å². The number of hydrogen-bond donors (Lipinski definition) is 0. The first-order chi connectivity index (χ1) is 9.01. The molecule has 0 radical (unpaired) electrons. The highest BCUT2D eigenvalue weighted by Gasteiger charge is 2.17. The Morgan fingerprint density at radius 2 is 2.05 bits per heavy atom. The lowest BCUT2D eigenvalue weighted by atomic mass is 10.1. The average Bonchev–Trinajstić information content (AvgIpc) is 2.38. The van der Waals surface area contributed by atoms with Gasteiger partial charge in [0.05, 0.1) is 7.11 Å². The Bertz CT molecular complexity index is 717. The van der Waals surface area contributed by atoms with E-state index in [4.69, 9.17) is 16.0 Å². The van der Waals surface area contributed by atoms with Crippen LogP contribution in [0.25, 0.3) is 11.0 Å². The van der Waals surface area contributed by atoms with Gasteiger partial charge in [-0.3, -0.25) is 9.59 Å². The molecule has 2 aromatic rings. The summed E-state index contributed by atoms with van der Waals surface area (Å²) in [6, 6.07) is 6.03. The molecular weight excluding hydrogens is 272 g/mol. The molecule has 0 fully saturated rings. The molecule has 1 heterocycles. The maximum atomic E-state index is 11.8. The number of fused-ring (bicyclic) bond motifs is 1. The molecule has 0 amide bonds. The fourth-order valence-electron chi connectivity index (χ4n) is 1.59. The monoisotopic (exact) mass is 280 g/mol. The number of rotatable bonds is 3. The van der Waals surface area contributed by atoms with Crippen molar-refractivity contribution in [1.29, 1.82) is 0 Å². The first-order valence-electron chi connectivity index (χ1n) is 5.34. The minimum absolute atomic E-state index is 0.194. The highest BCUT2D eigenvalue weighted by Crippen LogP contribution is 2.19. The molecule has 0 saturated carbocycles. The molecule has 0 aliphatic carbocycles. The van der Waals surface area contributed by atoms with E-state index in [0.717, 1.165) is 7.11 Å². The van der Waals surface area contributed by atoms with Crippen LogP contribution in [0.5, 0.6) is 0 Å². The van der Waals surface area contributed by atoms with Crippen LogP contribution in [-0.4, -0.2) is 18.9 Å². The molecule has 98 valence electrons. The Balaban J connectivity index is 2.48. The molecule has 1 aromatic heterocycles. The summed E-state index contributed by atoms with van der Waals surface area (Å²) in [6.45, 7) is 0. The van der Waals surface area contributed by atoms with Crippen molar-refractivity contribution in [1.82, 2.24) is 0 Å². The summed E-state index contributed by atoms with van der Waals surface area (Å²) in [4.78, 5) is 34.5. The van der Waals surface area contributed by atoms with Gasteiger partial charge in [-0.15, -0.1) is 0 Å². The number of benzene rings is 1. The molecule has 0 bridgehead atoms. The summed E-state index contributed by atoms with van der Waals surface area (Å²) in [6.07, 6.45) is -0.507. The fourth-order valence-corrected chi connectivity index (χ4v) is 1.77. The van der Waals surface area contributed by atoms with Crippen LogP contribution in [0.2, 0.25) is 5.02 Å². The highest BCUT2D eigenvalue weighted by atomic mass is 35.5. The van der Waals surface area contributed by atoms with Gasteiger partial charge in [0.2, 0.25) is 0 Å². The van der Waals surface area contributed by atoms with Crippen LogP contribution >= 0.6 is 11.6 Å². The van der Waals surface area contributed by atoms with Crippen molar-refractivity contribution < 1.29 is 18.7 Å². The summed E-state index contributed by atoms with van der Waals surface area (Å²) in [5.74, 6) is -1.36. The summed E-state index contributed by atoms with van der Waals surface area (Å²) < 4.78 is 9.37. The number of hydrogen-bond acceptors (Lipinski definition) is 5. The third-order valence-corrected chi connectivity index (χ3v) is 2.76. The predicted octanol–water partition coefficient (Wildman–Crippen LogP) is 2.19. The fraction of sp³-hybridized carbons (Fsp3) is 0.154. The van der Waals surface area contributed by atoms with Gasteiger partial charge < -0.3 is 9.15 Å². The number of Topliss-reactive ketones (excluding diaryl/α,β-unsaturated/α-hetero) is 1. The molecule has 0 spiro atoms. The van der Waals surface area contributed by atoms with Crippen LogP contribution in [0, 0.1) is 0 Å². The molecule has 1 aromatic carbocycles. The number of methoxy groups -OCH3 is 1. The predicted molar refractivity (Wildman–Crippen MR) is 68.5 cm³/mol. The van der Waals surface area contributed by atoms with E-state index >= 15 is 0 Å². The molecule has 2 rings (SSSR count). The maximum absolute atomic E-state index is 11.8. The normalized spacial score (nSPS) is 10.4. The van der Waals surface area contributed by atoms with Gasteiger partial charge in [0.1, 0.15) is 17.6 Å². The van der Waals surface area contributed by atoms with Crippen molar-refractivity contribution in [2.45, 2.75) is 6.42 Å². The Morgan fingerprint density at radius 1 is 1.32 bits per heavy atom. The molecule has 0 atom stereocenters. The van der Waals surface area contributed by atoms with Crippen molar-refractivity contribution in [3.63, 3.8) is 0 Å². The maximum Gasteiger partial charge on any atom is 0.347 e. The smallest absolute Gasteiger partial charge is 0.347 e. The van der Waals surface area contributed by atoms with Crippen molar-refractivity contribution in [2.24, 2.45) is 0 Å². The first-order valence-corrected chi connectivity index (χ1v) is 5.72. The van der Waals surface area contributed by atoms with Crippen LogP contribution in [0.4, 0.5) is 0 Å². The second-order valence-electron chi connectivity index (χ2n) is 3.81. The van der Waals surface area contributed by atoms with E-state index in [2.05, 4.69) is 4.74 Å². The number of ether oxygens (including phenoxy) is 1.